The molecule has 1 aliphatic heterocycles. The first-order valence-electron chi connectivity index (χ1n) is 4.25. The number of hydrogen-bond donors (Lipinski definition) is 1. The third-order valence-corrected chi connectivity index (χ3v) is 3.89. The van der Waals surface area contributed by atoms with Gasteiger partial charge in [0, 0.05) is 12.3 Å². The van der Waals surface area contributed by atoms with Crippen molar-refractivity contribution < 1.29 is 0 Å². The van der Waals surface area contributed by atoms with Gasteiger partial charge in [-0.3, -0.25) is 0 Å². The van der Waals surface area contributed by atoms with Crippen molar-refractivity contribution in [2.24, 2.45) is 11.8 Å². The van der Waals surface area contributed by atoms with E-state index in [1.54, 1.807) is 0 Å². The van der Waals surface area contributed by atoms with E-state index in [1.165, 1.54) is 37.4 Å². The van der Waals surface area contributed by atoms with Crippen molar-refractivity contribution in [3.05, 3.63) is 0 Å². The van der Waals surface area contributed by atoms with Crippen LogP contribution in [-0.4, -0.2) is 24.6 Å². The third-order valence-electron chi connectivity index (χ3n) is 2.74. The lowest BCUT2D eigenvalue weighted by molar-refractivity contribution is 0.195. The number of nitrogens with one attached hydrogen (secondary N) is 1. The molecule has 0 aromatic heterocycles. The van der Waals surface area contributed by atoms with Crippen molar-refractivity contribution in [3.63, 3.8) is 0 Å². The molecule has 0 amide bonds. The molecule has 0 bridgehead atoms. The summed E-state index contributed by atoms with van der Waals surface area (Å²) in [6.45, 7) is 2.53. The zero-order valence-electron chi connectivity index (χ0n) is 6.31. The minimum atomic E-state index is 1.03. The molecule has 0 radical (unpaired) electrons. The Bertz CT molecular complexity index is 102. The number of fused-ring (bicyclic) bond motifs is 1. The first-order chi connectivity index (χ1) is 4.97. The Morgan fingerprint density at radius 1 is 1.20 bits per heavy atom. The minimum absolute atomic E-state index is 1.03. The molecule has 0 spiro atoms. The average Bonchev–Trinajstić information content (AvgIpc) is 1.89. The van der Waals surface area contributed by atoms with Gasteiger partial charge in [-0.1, -0.05) is 0 Å². The second kappa shape index (κ2) is 3.14. The van der Waals surface area contributed by atoms with Crippen LogP contribution in [0, 0.1) is 11.8 Å². The molecule has 10 heavy (non-hydrogen) atoms. The molecule has 2 rings (SSSR count). The monoisotopic (exact) mass is 157 g/mol. The summed E-state index contributed by atoms with van der Waals surface area (Å²) in [4.78, 5) is 0. The van der Waals surface area contributed by atoms with Crippen LogP contribution in [0.25, 0.3) is 0 Å². The van der Waals surface area contributed by atoms with E-state index in [-0.39, 0.29) is 0 Å². The van der Waals surface area contributed by atoms with Crippen LogP contribution in [-0.2, 0) is 0 Å². The van der Waals surface area contributed by atoms with Crippen LogP contribution in [0.1, 0.15) is 12.8 Å². The Kier molecular flexibility index (Phi) is 2.19. The van der Waals surface area contributed by atoms with Gasteiger partial charge in [0.25, 0.3) is 0 Å². The summed E-state index contributed by atoms with van der Waals surface area (Å²) in [6.07, 6.45) is 2.98. The van der Waals surface area contributed by atoms with Crippen molar-refractivity contribution in [1.82, 2.24) is 5.32 Å². The lowest BCUT2D eigenvalue weighted by Crippen LogP contribution is -2.39. The number of thioether (sulfide) groups is 1. The van der Waals surface area contributed by atoms with Gasteiger partial charge in [0.1, 0.15) is 0 Å². The standard InChI is InChI=1S/C8H15NS/c1-2-8-6-10-4-3-9-5-7(1)8/h7-9H,1-6H2. The molecule has 1 N–H and O–H groups in total. The normalized spacial score (nSPS) is 40.8. The van der Waals surface area contributed by atoms with Crippen LogP contribution >= 0.6 is 11.8 Å². The predicted molar refractivity (Wildman–Crippen MR) is 46.4 cm³/mol. The molecule has 1 saturated heterocycles. The highest BCUT2D eigenvalue weighted by Crippen LogP contribution is 2.36. The van der Waals surface area contributed by atoms with E-state index in [2.05, 4.69) is 17.1 Å². The first kappa shape index (κ1) is 6.99. The zero-order chi connectivity index (χ0) is 6.81. The number of rotatable bonds is 0. The molecule has 0 aromatic carbocycles. The van der Waals surface area contributed by atoms with Gasteiger partial charge >= 0.3 is 0 Å². The Morgan fingerprint density at radius 3 is 2.90 bits per heavy atom. The fraction of sp³-hybridized carbons (Fsp3) is 1.00. The minimum Gasteiger partial charge on any atom is -0.316 e. The maximum Gasteiger partial charge on any atom is 0.00582 e. The van der Waals surface area contributed by atoms with Gasteiger partial charge < -0.3 is 5.32 Å². The maximum atomic E-state index is 3.50. The van der Waals surface area contributed by atoms with E-state index in [1.807, 2.05) is 0 Å². The molecule has 2 aliphatic rings. The summed E-state index contributed by atoms with van der Waals surface area (Å²) in [6, 6.07) is 0. The smallest absolute Gasteiger partial charge is 0.00582 e. The largest absolute Gasteiger partial charge is 0.316 e. The van der Waals surface area contributed by atoms with Gasteiger partial charge in [-0.15, -0.1) is 0 Å². The lowest BCUT2D eigenvalue weighted by Gasteiger charge is -2.38. The van der Waals surface area contributed by atoms with Gasteiger partial charge in [-0.25, -0.2) is 0 Å². The van der Waals surface area contributed by atoms with Gasteiger partial charge in [0.05, 0.1) is 0 Å². The molecular formula is C8H15NS. The third kappa shape index (κ3) is 1.32. The molecule has 1 heterocycles. The van der Waals surface area contributed by atoms with Gasteiger partial charge in [0.2, 0.25) is 0 Å². The molecule has 2 fully saturated rings. The van der Waals surface area contributed by atoms with Crippen LogP contribution in [0.2, 0.25) is 0 Å². The fourth-order valence-electron chi connectivity index (χ4n) is 1.79. The summed E-state index contributed by atoms with van der Waals surface area (Å²) < 4.78 is 0. The summed E-state index contributed by atoms with van der Waals surface area (Å²) in [5.41, 5.74) is 0. The van der Waals surface area contributed by atoms with Gasteiger partial charge in [0.15, 0.2) is 0 Å². The molecule has 2 atom stereocenters. The van der Waals surface area contributed by atoms with Crippen LogP contribution in [0.3, 0.4) is 0 Å². The molecule has 58 valence electrons. The highest BCUT2D eigenvalue weighted by Gasteiger charge is 2.30. The van der Waals surface area contributed by atoms with E-state index < -0.39 is 0 Å². The van der Waals surface area contributed by atoms with E-state index in [9.17, 15) is 0 Å². The average molecular weight is 157 g/mol. The Morgan fingerprint density at radius 2 is 2.10 bits per heavy atom. The predicted octanol–water partition coefficient (Wildman–Crippen LogP) is 1.35. The second-order valence-corrected chi connectivity index (χ2v) is 4.53. The maximum absolute atomic E-state index is 3.50. The van der Waals surface area contributed by atoms with E-state index >= 15 is 0 Å². The highest BCUT2D eigenvalue weighted by molar-refractivity contribution is 7.99. The lowest BCUT2D eigenvalue weighted by atomic mass is 9.75. The number of hydrogen-bond acceptors (Lipinski definition) is 2. The first-order valence-corrected chi connectivity index (χ1v) is 5.41. The van der Waals surface area contributed by atoms with Crippen LogP contribution < -0.4 is 5.32 Å². The van der Waals surface area contributed by atoms with E-state index in [0.29, 0.717) is 0 Å². The Hall–Kier alpha value is 0.310. The van der Waals surface area contributed by atoms with Gasteiger partial charge in [-0.2, -0.15) is 11.8 Å². The molecule has 0 aromatic rings. The van der Waals surface area contributed by atoms with Crippen molar-refractivity contribution in [3.8, 4) is 0 Å². The van der Waals surface area contributed by atoms with Crippen LogP contribution in [0.15, 0.2) is 0 Å². The molecule has 1 aliphatic carbocycles. The molecule has 2 heteroatoms. The highest BCUT2D eigenvalue weighted by atomic mass is 32.2. The molecule has 1 nitrogen and oxygen atoms in total. The molecule has 2 unspecified atom stereocenters. The second-order valence-electron chi connectivity index (χ2n) is 3.38. The molecule has 1 saturated carbocycles. The van der Waals surface area contributed by atoms with Crippen LogP contribution in [0.5, 0.6) is 0 Å². The molecular weight excluding hydrogens is 142 g/mol. The van der Waals surface area contributed by atoms with Crippen molar-refractivity contribution in [2.75, 3.05) is 24.6 Å². The topological polar surface area (TPSA) is 12.0 Å². The Balaban J connectivity index is 1.83. The summed E-state index contributed by atoms with van der Waals surface area (Å²) >= 11 is 2.13. The summed E-state index contributed by atoms with van der Waals surface area (Å²) in [5.74, 6) is 4.86. The SMILES string of the molecule is C1CSCC2CCC2CN1. The van der Waals surface area contributed by atoms with Crippen molar-refractivity contribution >= 4 is 11.8 Å². The quantitative estimate of drug-likeness (QED) is 0.569. The van der Waals surface area contributed by atoms with Crippen molar-refractivity contribution in [2.45, 2.75) is 12.8 Å². The van der Waals surface area contributed by atoms with Crippen LogP contribution in [0.4, 0.5) is 0 Å². The van der Waals surface area contributed by atoms with Crippen molar-refractivity contribution in [1.29, 1.82) is 0 Å². The van der Waals surface area contributed by atoms with E-state index in [4.69, 9.17) is 0 Å². The van der Waals surface area contributed by atoms with Gasteiger partial charge in [-0.05, 0) is 37.0 Å². The van der Waals surface area contributed by atoms with E-state index in [0.717, 1.165) is 11.8 Å². The summed E-state index contributed by atoms with van der Waals surface area (Å²) in [7, 11) is 0. The Labute approximate surface area is 67.0 Å². The zero-order valence-corrected chi connectivity index (χ0v) is 7.12. The summed E-state index contributed by atoms with van der Waals surface area (Å²) in [5, 5.41) is 3.50. The fourth-order valence-corrected chi connectivity index (χ4v) is 2.99.